The molecule has 2 amide bonds. The number of hydrogen-bond donors (Lipinski definition) is 3. The van der Waals surface area contributed by atoms with Crippen LogP contribution in [0.25, 0.3) is 0 Å². The molecule has 2 rings (SSSR count). The second-order valence-corrected chi connectivity index (χ2v) is 5.62. The molecule has 5 nitrogen and oxygen atoms in total. The number of halogens is 1. The van der Waals surface area contributed by atoms with Gasteiger partial charge < -0.3 is 15.7 Å². The molecule has 0 bridgehead atoms. The van der Waals surface area contributed by atoms with Crippen LogP contribution in [-0.4, -0.2) is 17.1 Å². The summed E-state index contributed by atoms with van der Waals surface area (Å²) in [4.78, 5) is 23.0. The van der Waals surface area contributed by atoms with Crippen LogP contribution in [0.5, 0.6) is 0 Å². The predicted octanol–water partition coefficient (Wildman–Crippen LogP) is 3.94. The van der Waals surface area contributed by atoms with Crippen LogP contribution in [0.1, 0.15) is 15.9 Å². The zero-order valence-corrected chi connectivity index (χ0v) is 13.3. The molecule has 2 aromatic rings. The van der Waals surface area contributed by atoms with Gasteiger partial charge in [-0.1, -0.05) is 12.1 Å². The van der Waals surface area contributed by atoms with Gasteiger partial charge in [0.25, 0.3) is 0 Å². The van der Waals surface area contributed by atoms with Crippen LogP contribution in [0.2, 0.25) is 0 Å². The van der Waals surface area contributed by atoms with E-state index in [1.165, 1.54) is 6.07 Å². The average molecular weight is 396 g/mol. The third kappa shape index (κ3) is 3.94. The minimum atomic E-state index is -1.02. The molecule has 0 heterocycles. The van der Waals surface area contributed by atoms with Gasteiger partial charge in [0, 0.05) is 14.9 Å². The van der Waals surface area contributed by atoms with E-state index in [9.17, 15) is 9.59 Å². The van der Waals surface area contributed by atoms with Gasteiger partial charge >= 0.3 is 12.0 Å². The van der Waals surface area contributed by atoms with E-state index < -0.39 is 12.0 Å². The Morgan fingerprint density at radius 1 is 1.10 bits per heavy atom. The first-order valence-corrected chi connectivity index (χ1v) is 7.21. The summed E-state index contributed by atoms with van der Waals surface area (Å²) in [5.41, 5.74) is 1.83. The van der Waals surface area contributed by atoms with Crippen molar-refractivity contribution < 1.29 is 14.7 Å². The lowest BCUT2D eigenvalue weighted by Crippen LogP contribution is -2.20. The number of carboxylic acid groups (broad SMARTS) is 1. The first kappa shape index (κ1) is 15.3. The van der Waals surface area contributed by atoms with E-state index in [2.05, 4.69) is 33.2 Å². The highest BCUT2D eigenvalue weighted by Crippen LogP contribution is 2.19. The minimum absolute atomic E-state index is 0.169. The van der Waals surface area contributed by atoms with Gasteiger partial charge in [0.15, 0.2) is 0 Å². The van der Waals surface area contributed by atoms with Crippen LogP contribution in [0.4, 0.5) is 16.2 Å². The molecule has 6 heteroatoms. The van der Waals surface area contributed by atoms with E-state index in [0.717, 1.165) is 3.57 Å². The Morgan fingerprint density at radius 3 is 2.48 bits per heavy atom. The Bertz CT molecular complexity index is 701. The van der Waals surface area contributed by atoms with E-state index in [1.54, 1.807) is 25.1 Å². The number of hydrogen-bond acceptors (Lipinski definition) is 2. The minimum Gasteiger partial charge on any atom is -0.478 e. The standard InChI is InChI=1S/C15H13IN2O3/c1-9-12(14(19)20)6-3-7-13(9)18-15(21)17-11-5-2-4-10(16)8-11/h2-8H,1H3,(H,19,20)(H2,17,18,21). The summed E-state index contributed by atoms with van der Waals surface area (Å²) in [7, 11) is 0. The lowest BCUT2D eigenvalue weighted by atomic mass is 10.1. The van der Waals surface area contributed by atoms with Crippen molar-refractivity contribution in [3.63, 3.8) is 0 Å². The number of aromatic carboxylic acids is 1. The van der Waals surface area contributed by atoms with Crippen LogP contribution < -0.4 is 10.6 Å². The zero-order chi connectivity index (χ0) is 15.4. The number of amides is 2. The molecule has 0 fully saturated rings. The summed E-state index contributed by atoms with van der Waals surface area (Å²) in [6.45, 7) is 1.66. The average Bonchev–Trinajstić information content (AvgIpc) is 2.40. The van der Waals surface area contributed by atoms with Crippen molar-refractivity contribution in [3.05, 3.63) is 57.2 Å². The summed E-state index contributed by atoms with van der Waals surface area (Å²) in [5, 5.41) is 14.4. The Balaban J connectivity index is 2.13. The smallest absolute Gasteiger partial charge is 0.336 e. The van der Waals surface area contributed by atoms with E-state index in [4.69, 9.17) is 5.11 Å². The van der Waals surface area contributed by atoms with Gasteiger partial charge in [0.05, 0.1) is 5.56 Å². The van der Waals surface area contributed by atoms with Crippen molar-refractivity contribution >= 4 is 46.0 Å². The zero-order valence-electron chi connectivity index (χ0n) is 11.2. The fourth-order valence-corrected chi connectivity index (χ4v) is 2.40. The van der Waals surface area contributed by atoms with Gasteiger partial charge in [-0.25, -0.2) is 9.59 Å². The molecule has 108 valence electrons. The number of nitrogens with one attached hydrogen (secondary N) is 2. The molecule has 0 aliphatic carbocycles. The van der Waals surface area contributed by atoms with E-state index >= 15 is 0 Å². The van der Waals surface area contributed by atoms with E-state index in [1.807, 2.05) is 18.2 Å². The normalized spacial score (nSPS) is 10.0. The lowest BCUT2D eigenvalue weighted by molar-refractivity contribution is 0.0696. The molecule has 21 heavy (non-hydrogen) atoms. The topological polar surface area (TPSA) is 78.4 Å². The maximum absolute atomic E-state index is 12.0. The fourth-order valence-electron chi connectivity index (χ4n) is 1.85. The molecule has 3 N–H and O–H groups in total. The number of benzene rings is 2. The van der Waals surface area contributed by atoms with Crippen molar-refractivity contribution in [2.24, 2.45) is 0 Å². The van der Waals surface area contributed by atoms with Crippen LogP contribution in [0.3, 0.4) is 0 Å². The Kier molecular flexibility index (Phi) is 4.79. The molecular formula is C15H13IN2O3. The van der Waals surface area contributed by atoms with Crippen LogP contribution in [0, 0.1) is 10.5 Å². The Labute approximate surface area is 135 Å². The molecule has 2 aromatic carbocycles. The van der Waals surface area contributed by atoms with Crippen molar-refractivity contribution in [3.8, 4) is 0 Å². The molecule has 0 aliphatic rings. The highest BCUT2D eigenvalue weighted by atomic mass is 127. The number of carbonyl (C=O) groups excluding carboxylic acids is 1. The van der Waals surface area contributed by atoms with Crippen LogP contribution >= 0.6 is 22.6 Å². The van der Waals surface area contributed by atoms with Crippen molar-refractivity contribution in [1.29, 1.82) is 0 Å². The molecule has 0 aliphatic heterocycles. The highest BCUT2D eigenvalue weighted by molar-refractivity contribution is 14.1. The molecule has 0 unspecified atom stereocenters. The van der Waals surface area contributed by atoms with Crippen LogP contribution in [-0.2, 0) is 0 Å². The van der Waals surface area contributed by atoms with Gasteiger partial charge in [-0.15, -0.1) is 0 Å². The third-order valence-electron chi connectivity index (χ3n) is 2.89. The van der Waals surface area contributed by atoms with Crippen molar-refractivity contribution in [2.75, 3.05) is 10.6 Å². The maximum atomic E-state index is 12.0. The molecule has 0 atom stereocenters. The third-order valence-corrected chi connectivity index (χ3v) is 3.57. The number of rotatable bonds is 3. The molecule has 0 saturated heterocycles. The summed E-state index contributed by atoms with van der Waals surface area (Å²) in [6.07, 6.45) is 0. The summed E-state index contributed by atoms with van der Waals surface area (Å²) < 4.78 is 1.01. The van der Waals surface area contributed by atoms with Crippen molar-refractivity contribution in [2.45, 2.75) is 6.92 Å². The Morgan fingerprint density at radius 2 is 1.81 bits per heavy atom. The predicted molar refractivity (Wildman–Crippen MR) is 89.9 cm³/mol. The molecule has 0 aromatic heterocycles. The fraction of sp³-hybridized carbons (Fsp3) is 0.0667. The van der Waals surface area contributed by atoms with Crippen LogP contribution in [0.15, 0.2) is 42.5 Å². The first-order valence-electron chi connectivity index (χ1n) is 6.14. The number of anilines is 2. The van der Waals surface area contributed by atoms with Gasteiger partial charge in [0.2, 0.25) is 0 Å². The summed E-state index contributed by atoms with van der Waals surface area (Å²) in [6, 6.07) is 11.7. The second kappa shape index (κ2) is 6.57. The number of carbonyl (C=O) groups is 2. The molecule has 0 spiro atoms. The van der Waals surface area contributed by atoms with Gasteiger partial charge in [0.1, 0.15) is 0 Å². The summed E-state index contributed by atoms with van der Waals surface area (Å²) in [5.74, 6) is -1.02. The summed E-state index contributed by atoms with van der Waals surface area (Å²) >= 11 is 2.16. The van der Waals surface area contributed by atoms with Gasteiger partial charge in [-0.2, -0.15) is 0 Å². The number of urea groups is 1. The van der Waals surface area contributed by atoms with E-state index in [0.29, 0.717) is 16.9 Å². The lowest BCUT2D eigenvalue weighted by Gasteiger charge is -2.11. The SMILES string of the molecule is Cc1c(NC(=O)Nc2cccc(I)c2)cccc1C(=O)O. The van der Waals surface area contributed by atoms with Crippen molar-refractivity contribution in [1.82, 2.24) is 0 Å². The van der Waals surface area contributed by atoms with Gasteiger partial charge in [-0.3, -0.25) is 0 Å². The maximum Gasteiger partial charge on any atom is 0.336 e. The quantitative estimate of drug-likeness (QED) is 0.688. The largest absolute Gasteiger partial charge is 0.478 e. The molecule has 0 radical (unpaired) electrons. The second-order valence-electron chi connectivity index (χ2n) is 4.37. The number of carboxylic acids is 1. The van der Waals surface area contributed by atoms with E-state index in [-0.39, 0.29) is 5.56 Å². The Hall–Kier alpha value is -2.09. The van der Waals surface area contributed by atoms with Gasteiger partial charge in [-0.05, 0) is 65.4 Å². The monoisotopic (exact) mass is 396 g/mol. The highest BCUT2D eigenvalue weighted by Gasteiger charge is 2.12. The molecular weight excluding hydrogens is 383 g/mol. The first-order chi connectivity index (χ1) is 9.97. The molecule has 0 saturated carbocycles.